The standard InChI is InChI=1S/C28H42N4O4/c1-19(2)27(21-7-11-23(35-5)12-8-21)31-17-25(33)29-15-16-30-26(34)18-32-28(20(3)4)22-9-13-24(36-6)14-10-22/h7-14,19-20,27-28,31-32H,15-18H2,1-6H3,(H,29,33)(H,30,34)/t27-,28+. The summed E-state index contributed by atoms with van der Waals surface area (Å²) in [6.45, 7) is 9.58. The van der Waals surface area contributed by atoms with E-state index in [1.807, 2.05) is 48.5 Å². The minimum atomic E-state index is -0.110. The zero-order valence-corrected chi connectivity index (χ0v) is 22.4. The number of methoxy groups -OCH3 is 2. The molecule has 0 spiro atoms. The molecule has 198 valence electrons. The Morgan fingerprint density at radius 3 is 1.25 bits per heavy atom. The summed E-state index contributed by atoms with van der Waals surface area (Å²) in [6.07, 6.45) is 0. The van der Waals surface area contributed by atoms with E-state index in [9.17, 15) is 9.59 Å². The van der Waals surface area contributed by atoms with Gasteiger partial charge in [-0.3, -0.25) is 9.59 Å². The second-order valence-electron chi connectivity index (χ2n) is 9.45. The molecule has 2 aromatic rings. The van der Waals surface area contributed by atoms with Crippen LogP contribution in [0.3, 0.4) is 0 Å². The Morgan fingerprint density at radius 1 is 0.639 bits per heavy atom. The summed E-state index contributed by atoms with van der Waals surface area (Å²) >= 11 is 0. The summed E-state index contributed by atoms with van der Waals surface area (Å²) < 4.78 is 10.4. The summed E-state index contributed by atoms with van der Waals surface area (Å²) in [4.78, 5) is 24.6. The van der Waals surface area contributed by atoms with E-state index in [-0.39, 0.29) is 37.0 Å². The van der Waals surface area contributed by atoms with Crippen molar-refractivity contribution in [2.24, 2.45) is 11.8 Å². The zero-order valence-electron chi connectivity index (χ0n) is 22.4. The highest BCUT2D eigenvalue weighted by Crippen LogP contribution is 2.24. The van der Waals surface area contributed by atoms with E-state index >= 15 is 0 Å². The lowest BCUT2D eigenvalue weighted by atomic mass is 9.96. The van der Waals surface area contributed by atoms with E-state index in [4.69, 9.17) is 9.47 Å². The summed E-state index contributed by atoms with van der Waals surface area (Å²) in [5, 5.41) is 12.4. The number of carbonyl (C=O) groups excluding carboxylic acids is 2. The highest BCUT2D eigenvalue weighted by Gasteiger charge is 2.18. The number of amides is 2. The van der Waals surface area contributed by atoms with Crippen molar-refractivity contribution in [3.63, 3.8) is 0 Å². The first-order valence-corrected chi connectivity index (χ1v) is 12.5. The molecule has 0 saturated carbocycles. The quantitative estimate of drug-likeness (QED) is 0.282. The third-order valence-corrected chi connectivity index (χ3v) is 6.02. The predicted molar refractivity (Wildman–Crippen MR) is 143 cm³/mol. The molecule has 0 saturated heterocycles. The first-order chi connectivity index (χ1) is 17.2. The van der Waals surface area contributed by atoms with Gasteiger partial charge in [-0.25, -0.2) is 0 Å². The SMILES string of the molecule is COc1ccc([C@@H](NCC(=O)NCCNC(=O)CN[C@@H](c2ccc(OC)cc2)C(C)C)C(C)C)cc1. The molecule has 0 aliphatic carbocycles. The van der Waals surface area contributed by atoms with Crippen molar-refractivity contribution in [1.82, 2.24) is 21.3 Å². The Balaban J connectivity index is 1.70. The van der Waals surface area contributed by atoms with Crippen molar-refractivity contribution in [3.8, 4) is 11.5 Å². The van der Waals surface area contributed by atoms with Gasteiger partial charge in [-0.1, -0.05) is 52.0 Å². The molecule has 8 nitrogen and oxygen atoms in total. The average molecular weight is 499 g/mol. The molecule has 0 bridgehead atoms. The Hall–Kier alpha value is -3.10. The predicted octanol–water partition coefficient (Wildman–Crippen LogP) is 3.21. The number of carbonyl (C=O) groups is 2. The minimum absolute atomic E-state index is 0.0482. The Labute approximate surface area is 215 Å². The number of hydrogen-bond donors (Lipinski definition) is 4. The lowest BCUT2D eigenvalue weighted by Crippen LogP contribution is -2.42. The van der Waals surface area contributed by atoms with Crippen LogP contribution in [0.2, 0.25) is 0 Å². The van der Waals surface area contributed by atoms with Gasteiger partial charge in [-0.15, -0.1) is 0 Å². The van der Waals surface area contributed by atoms with Crippen molar-refractivity contribution >= 4 is 11.8 Å². The summed E-state index contributed by atoms with van der Waals surface area (Å²) in [5.74, 6) is 2.01. The molecular formula is C28H42N4O4. The van der Waals surface area contributed by atoms with E-state index in [0.29, 0.717) is 24.9 Å². The molecular weight excluding hydrogens is 456 g/mol. The Bertz CT molecular complexity index is 852. The molecule has 0 unspecified atom stereocenters. The highest BCUT2D eigenvalue weighted by atomic mass is 16.5. The summed E-state index contributed by atoms with van der Waals surface area (Å²) in [5.41, 5.74) is 2.21. The van der Waals surface area contributed by atoms with Gasteiger partial charge in [0, 0.05) is 25.2 Å². The summed E-state index contributed by atoms with van der Waals surface area (Å²) in [7, 11) is 3.28. The first-order valence-electron chi connectivity index (χ1n) is 12.5. The van der Waals surface area contributed by atoms with Crippen molar-refractivity contribution in [1.29, 1.82) is 0 Å². The summed E-state index contributed by atoms with van der Waals surface area (Å²) in [6, 6.07) is 15.8. The van der Waals surface area contributed by atoms with Crippen LogP contribution in [-0.4, -0.2) is 52.2 Å². The van der Waals surface area contributed by atoms with Crippen LogP contribution in [0.4, 0.5) is 0 Å². The molecule has 2 aromatic carbocycles. The molecule has 0 aliphatic rings. The smallest absolute Gasteiger partial charge is 0.234 e. The molecule has 2 rings (SSSR count). The maximum atomic E-state index is 12.3. The zero-order chi connectivity index (χ0) is 26.5. The van der Waals surface area contributed by atoms with Gasteiger partial charge in [0.15, 0.2) is 0 Å². The van der Waals surface area contributed by atoms with E-state index in [0.717, 1.165) is 22.6 Å². The van der Waals surface area contributed by atoms with Crippen LogP contribution in [0.15, 0.2) is 48.5 Å². The van der Waals surface area contributed by atoms with E-state index in [1.54, 1.807) is 14.2 Å². The Morgan fingerprint density at radius 2 is 0.972 bits per heavy atom. The molecule has 36 heavy (non-hydrogen) atoms. The third-order valence-electron chi connectivity index (χ3n) is 6.02. The van der Waals surface area contributed by atoms with Gasteiger partial charge in [0.05, 0.1) is 27.3 Å². The van der Waals surface area contributed by atoms with Gasteiger partial charge in [0.25, 0.3) is 0 Å². The fourth-order valence-electron chi connectivity index (χ4n) is 4.03. The van der Waals surface area contributed by atoms with Gasteiger partial charge in [0.1, 0.15) is 11.5 Å². The van der Waals surface area contributed by atoms with Crippen LogP contribution < -0.4 is 30.7 Å². The number of rotatable bonds is 15. The molecule has 2 atom stereocenters. The van der Waals surface area contributed by atoms with Gasteiger partial charge in [-0.2, -0.15) is 0 Å². The number of hydrogen-bond acceptors (Lipinski definition) is 6. The van der Waals surface area contributed by atoms with Gasteiger partial charge in [-0.05, 0) is 47.2 Å². The van der Waals surface area contributed by atoms with Gasteiger partial charge in [0.2, 0.25) is 11.8 Å². The largest absolute Gasteiger partial charge is 0.497 e. The molecule has 0 aliphatic heterocycles. The van der Waals surface area contributed by atoms with E-state index < -0.39 is 0 Å². The third kappa shape index (κ3) is 9.51. The lowest BCUT2D eigenvalue weighted by Gasteiger charge is -2.23. The first kappa shape index (κ1) is 29.1. The molecule has 8 heteroatoms. The van der Waals surface area contributed by atoms with Crippen molar-refractivity contribution in [3.05, 3.63) is 59.7 Å². The van der Waals surface area contributed by atoms with Crippen molar-refractivity contribution in [2.45, 2.75) is 39.8 Å². The average Bonchev–Trinajstić information content (AvgIpc) is 2.87. The van der Waals surface area contributed by atoms with Crippen LogP contribution in [0, 0.1) is 11.8 Å². The molecule has 0 radical (unpaired) electrons. The second kappa shape index (κ2) is 15.1. The molecule has 0 heterocycles. The van der Waals surface area contributed by atoms with Gasteiger partial charge < -0.3 is 30.7 Å². The number of ether oxygens (including phenoxy) is 2. The van der Waals surface area contributed by atoms with Crippen LogP contribution in [0.25, 0.3) is 0 Å². The fraction of sp³-hybridized carbons (Fsp3) is 0.500. The topological polar surface area (TPSA) is 101 Å². The normalized spacial score (nSPS) is 12.8. The van der Waals surface area contributed by atoms with Crippen LogP contribution in [-0.2, 0) is 9.59 Å². The molecule has 0 fully saturated rings. The number of benzene rings is 2. The lowest BCUT2D eigenvalue weighted by molar-refractivity contribution is -0.122. The monoisotopic (exact) mass is 498 g/mol. The second-order valence-corrected chi connectivity index (χ2v) is 9.45. The Kier molecular flexibility index (Phi) is 12.2. The van der Waals surface area contributed by atoms with E-state index in [1.165, 1.54) is 0 Å². The van der Waals surface area contributed by atoms with Gasteiger partial charge >= 0.3 is 0 Å². The molecule has 4 N–H and O–H groups in total. The maximum Gasteiger partial charge on any atom is 0.234 e. The maximum absolute atomic E-state index is 12.3. The molecule has 0 aromatic heterocycles. The van der Waals surface area contributed by atoms with E-state index in [2.05, 4.69) is 49.0 Å². The molecule has 2 amide bonds. The van der Waals surface area contributed by atoms with Crippen LogP contribution >= 0.6 is 0 Å². The minimum Gasteiger partial charge on any atom is -0.497 e. The highest BCUT2D eigenvalue weighted by molar-refractivity contribution is 5.79. The number of nitrogens with one attached hydrogen (secondary N) is 4. The fourth-order valence-corrected chi connectivity index (χ4v) is 4.03. The van der Waals surface area contributed by atoms with Crippen molar-refractivity contribution < 1.29 is 19.1 Å². The van der Waals surface area contributed by atoms with Crippen molar-refractivity contribution in [2.75, 3.05) is 40.4 Å². The van der Waals surface area contributed by atoms with Crippen LogP contribution in [0.5, 0.6) is 11.5 Å². The van der Waals surface area contributed by atoms with Crippen LogP contribution in [0.1, 0.15) is 50.9 Å².